The van der Waals surface area contributed by atoms with Crippen LogP contribution < -0.4 is 0 Å². The van der Waals surface area contributed by atoms with Crippen LogP contribution in [-0.4, -0.2) is 11.8 Å². The zero-order valence-electron chi connectivity index (χ0n) is 5.09. The van der Waals surface area contributed by atoms with Gasteiger partial charge in [-0.1, -0.05) is 6.92 Å². The standard InChI is InChI=1S/C5H8O3S/c1-2-4(6)3-5(7)8-9/h9H,2-3H2,1H3. The molecule has 0 aliphatic rings. The van der Waals surface area contributed by atoms with Crippen LogP contribution in [-0.2, 0) is 13.8 Å². The van der Waals surface area contributed by atoms with Gasteiger partial charge in [-0.3, -0.25) is 9.59 Å². The first-order valence-corrected chi connectivity index (χ1v) is 2.93. The number of carbonyl (C=O) groups is 2. The molecule has 0 saturated heterocycles. The Kier molecular flexibility index (Phi) is 4.13. The Morgan fingerprint density at radius 1 is 1.56 bits per heavy atom. The summed E-state index contributed by atoms with van der Waals surface area (Å²) in [6, 6.07) is 0. The molecule has 0 spiro atoms. The first-order chi connectivity index (χ1) is 4.20. The van der Waals surface area contributed by atoms with Crippen LogP contribution in [0.2, 0.25) is 0 Å². The van der Waals surface area contributed by atoms with Crippen molar-refractivity contribution in [3.63, 3.8) is 0 Å². The van der Waals surface area contributed by atoms with Gasteiger partial charge in [-0.15, -0.1) is 0 Å². The minimum Gasteiger partial charge on any atom is -0.394 e. The predicted molar refractivity (Wildman–Crippen MR) is 35.0 cm³/mol. The van der Waals surface area contributed by atoms with Crippen LogP contribution in [0.3, 0.4) is 0 Å². The van der Waals surface area contributed by atoms with Gasteiger partial charge in [-0.2, -0.15) is 0 Å². The molecule has 0 aromatic heterocycles. The zero-order chi connectivity index (χ0) is 7.28. The summed E-state index contributed by atoms with van der Waals surface area (Å²) in [5, 5.41) is 0. The van der Waals surface area contributed by atoms with Gasteiger partial charge in [0, 0.05) is 19.3 Å². The second-order valence-electron chi connectivity index (χ2n) is 1.53. The highest BCUT2D eigenvalue weighted by Gasteiger charge is 2.06. The minimum atomic E-state index is -0.592. The van der Waals surface area contributed by atoms with E-state index in [1.807, 2.05) is 0 Å². The molecule has 9 heavy (non-hydrogen) atoms. The van der Waals surface area contributed by atoms with Crippen LogP contribution >= 0.6 is 12.9 Å². The second-order valence-corrected chi connectivity index (χ2v) is 1.71. The van der Waals surface area contributed by atoms with Gasteiger partial charge in [0.05, 0.1) is 0 Å². The largest absolute Gasteiger partial charge is 0.394 e. The number of thiol groups is 1. The van der Waals surface area contributed by atoms with Crippen LogP contribution in [0.25, 0.3) is 0 Å². The van der Waals surface area contributed by atoms with Crippen LogP contribution in [0, 0.1) is 0 Å². The zero-order valence-corrected chi connectivity index (χ0v) is 5.98. The van der Waals surface area contributed by atoms with E-state index in [9.17, 15) is 9.59 Å². The maximum atomic E-state index is 10.4. The predicted octanol–water partition coefficient (Wildman–Crippen LogP) is 0.744. The molecule has 0 aromatic rings. The van der Waals surface area contributed by atoms with Crippen molar-refractivity contribution in [3.8, 4) is 0 Å². The number of hydrogen-bond donors (Lipinski definition) is 1. The average molecular weight is 148 g/mol. The third-order valence-electron chi connectivity index (χ3n) is 0.838. The molecule has 0 amide bonds. The third-order valence-corrected chi connectivity index (χ3v) is 1.04. The van der Waals surface area contributed by atoms with Gasteiger partial charge in [0.1, 0.15) is 12.2 Å². The number of hydrogen-bond acceptors (Lipinski definition) is 4. The summed E-state index contributed by atoms with van der Waals surface area (Å²) < 4.78 is 3.96. The number of Topliss-reactive ketones (excluding diaryl/α,β-unsaturated/α-hetero) is 1. The molecule has 4 heteroatoms. The Morgan fingerprint density at radius 2 is 2.11 bits per heavy atom. The number of rotatable bonds is 3. The van der Waals surface area contributed by atoms with E-state index in [0.717, 1.165) is 0 Å². The summed E-state index contributed by atoms with van der Waals surface area (Å²) in [5.74, 6) is -0.723. The van der Waals surface area contributed by atoms with Crippen LogP contribution in [0.5, 0.6) is 0 Å². The maximum absolute atomic E-state index is 10.4. The van der Waals surface area contributed by atoms with Crippen molar-refractivity contribution < 1.29 is 13.8 Å². The van der Waals surface area contributed by atoms with Crippen molar-refractivity contribution in [1.29, 1.82) is 0 Å². The summed E-state index contributed by atoms with van der Waals surface area (Å²) in [6.07, 6.45) is 0.197. The highest BCUT2D eigenvalue weighted by Crippen LogP contribution is 1.92. The molecule has 0 bridgehead atoms. The van der Waals surface area contributed by atoms with Gasteiger partial charge >= 0.3 is 5.97 Å². The van der Waals surface area contributed by atoms with Gasteiger partial charge in [0.15, 0.2) is 0 Å². The molecule has 0 aliphatic carbocycles. The molecule has 0 heterocycles. The molecule has 3 nitrogen and oxygen atoms in total. The summed E-state index contributed by atoms with van der Waals surface area (Å²) in [6.45, 7) is 1.69. The lowest BCUT2D eigenvalue weighted by Crippen LogP contribution is -2.05. The molecule has 0 aliphatic heterocycles. The smallest absolute Gasteiger partial charge is 0.325 e. The summed E-state index contributed by atoms with van der Waals surface area (Å²) >= 11 is 3.23. The van der Waals surface area contributed by atoms with Crippen molar-refractivity contribution in [1.82, 2.24) is 0 Å². The SMILES string of the molecule is CCC(=O)CC(=O)OS. The first kappa shape index (κ1) is 8.49. The fourth-order valence-electron chi connectivity index (χ4n) is 0.318. The fourth-order valence-corrected chi connectivity index (χ4v) is 0.383. The maximum Gasteiger partial charge on any atom is 0.325 e. The fraction of sp³-hybridized carbons (Fsp3) is 0.600. The van der Waals surface area contributed by atoms with E-state index in [4.69, 9.17) is 0 Å². The third kappa shape index (κ3) is 4.02. The molecule has 0 aromatic carbocycles. The van der Waals surface area contributed by atoms with E-state index in [1.165, 1.54) is 0 Å². The number of ketones is 1. The molecule has 52 valence electrons. The highest BCUT2D eigenvalue weighted by atomic mass is 32.1. The van der Waals surface area contributed by atoms with Crippen molar-refractivity contribution in [2.45, 2.75) is 19.8 Å². The average Bonchev–Trinajstić information content (AvgIpc) is 1.87. The number of carbonyl (C=O) groups excluding carboxylic acids is 2. The van der Waals surface area contributed by atoms with Crippen molar-refractivity contribution in [2.75, 3.05) is 0 Å². The van der Waals surface area contributed by atoms with E-state index in [-0.39, 0.29) is 12.2 Å². The van der Waals surface area contributed by atoms with E-state index in [1.54, 1.807) is 6.92 Å². The molecular weight excluding hydrogens is 140 g/mol. The topological polar surface area (TPSA) is 43.4 Å². The van der Waals surface area contributed by atoms with E-state index in [0.29, 0.717) is 6.42 Å². The quantitative estimate of drug-likeness (QED) is 0.365. The van der Waals surface area contributed by atoms with E-state index >= 15 is 0 Å². The van der Waals surface area contributed by atoms with Crippen LogP contribution in [0.1, 0.15) is 19.8 Å². The van der Waals surface area contributed by atoms with Gasteiger partial charge in [-0.05, 0) is 0 Å². The molecule has 0 fully saturated rings. The van der Waals surface area contributed by atoms with E-state index < -0.39 is 5.97 Å². The van der Waals surface area contributed by atoms with E-state index in [2.05, 4.69) is 17.1 Å². The van der Waals surface area contributed by atoms with Gasteiger partial charge in [-0.25, -0.2) is 0 Å². The Labute approximate surface area is 59.0 Å². The second kappa shape index (κ2) is 4.38. The molecule has 0 atom stereocenters. The molecule has 0 rings (SSSR count). The highest BCUT2D eigenvalue weighted by molar-refractivity contribution is 7.75. The summed E-state index contributed by atoms with van der Waals surface area (Å²) in [5.41, 5.74) is 0. The minimum absolute atomic E-state index is 0.131. The normalized spacial score (nSPS) is 8.67. The Bertz CT molecular complexity index is 107. The molecule has 0 saturated carbocycles. The summed E-state index contributed by atoms with van der Waals surface area (Å²) in [7, 11) is 0. The van der Waals surface area contributed by atoms with Crippen molar-refractivity contribution in [2.24, 2.45) is 0 Å². The Balaban J connectivity index is 3.47. The van der Waals surface area contributed by atoms with Crippen LogP contribution in [0.4, 0.5) is 0 Å². The Hall–Kier alpha value is -0.510. The van der Waals surface area contributed by atoms with Crippen molar-refractivity contribution in [3.05, 3.63) is 0 Å². The van der Waals surface area contributed by atoms with Gasteiger partial charge in [0.2, 0.25) is 0 Å². The Morgan fingerprint density at radius 3 is 2.44 bits per heavy atom. The molecular formula is C5H8O3S. The van der Waals surface area contributed by atoms with Crippen molar-refractivity contribution >= 4 is 24.7 Å². The summed E-state index contributed by atoms with van der Waals surface area (Å²) in [4.78, 5) is 20.7. The molecule has 0 unspecified atom stereocenters. The van der Waals surface area contributed by atoms with Gasteiger partial charge < -0.3 is 4.18 Å². The lowest BCUT2D eigenvalue weighted by molar-refractivity contribution is -0.136. The van der Waals surface area contributed by atoms with Crippen LogP contribution in [0.15, 0.2) is 0 Å². The first-order valence-electron chi connectivity index (χ1n) is 2.56. The lowest BCUT2D eigenvalue weighted by atomic mass is 10.2. The molecule has 0 radical (unpaired) electrons. The lowest BCUT2D eigenvalue weighted by Gasteiger charge is -1.92. The van der Waals surface area contributed by atoms with Gasteiger partial charge in [0.25, 0.3) is 0 Å². The monoisotopic (exact) mass is 148 g/mol. The molecule has 0 N–H and O–H groups in total.